The zero-order valence-corrected chi connectivity index (χ0v) is 13.8. The smallest absolute Gasteiger partial charge is 0.228 e. The molecule has 126 valence electrons. The number of aromatic nitrogens is 4. The van der Waals surface area contributed by atoms with Gasteiger partial charge in [-0.1, -0.05) is 25.1 Å². The number of hydrogen-bond donors (Lipinski definition) is 2. The maximum atomic E-state index is 12.9. The van der Waals surface area contributed by atoms with Crippen LogP contribution in [0.4, 0.5) is 0 Å². The molecule has 0 radical (unpaired) electrons. The van der Waals surface area contributed by atoms with Crippen molar-refractivity contribution >= 4 is 5.91 Å². The van der Waals surface area contributed by atoms with Gasteiger partial charge in [0.1, 0.15) is 0 Å². The predicted octanol–water partition coefficient (Wildman–Crippen LogP) is 1.20. The standard InChI is InChI=1S/C17H22N6O/c1-2-17(10-12-8-9-14(17)19-12)16(24)18-11-15-20-21-22-23(15)13-6-4-3-5-7-13/h3-7,12,14,19H,2,8-11H2,1H3,(H,18,24)/t12-,14+,17+/m0/s1. The topological polar surface area (TPSA) is 84.7 Å². The molecule has 2 N–H and O–H groups in total. The van der Waals surface area contributed by atoms with Crippen LogP contribution in [0.15, 0.2) is 30.3 Å². The Balaban J connectivity index is 1.48. The van der Waals surface area contributed by atoms with Crippen LogP contribution in [-0.4, -0.2) is 38.2 Å². The number of carbonyl (C=O) groups excluding carboxylic acids is 1. The number of amides is 1. The molecule has 2 saturated heterocycles. The zero-order chi connectivity index (χ0) is 16.6. The van der Waals surface area contributed by atoms with Gasteiger partial charge in [-0.05, 0) is 48.2 Å². The summed E-state index contributed by atoms with van der Waals surface area (Å²) in [5.41, 5.74) is 0.604. The van der Waals surface area contributed by atoms with Gasteiger partial charge in [0.15, 0.2) is 5.82 Å². The van der Waals surface area contributed by atoms with Crippen LogP contribution < -0.4 is 10.6 Å². The van der Waals surface area contributed by atoms with E-state index < -0.39 is 0 Å². The van der Waals surface area contributed by atoms with E-state index in [-0.39, 0.29) is 11.3 Å². The summed E-state index contributed by atoms with van der Waals surface area (Å²) in [5.74, 6) is 0.754. The lowest BCUT2D eigenvalue weighted by atomic mass is 9.71. The lowest BCUT2D eigenvalue weighted by Crippen LogP contribution is -2.48. The first-order chi connectivity index (χ1) is 11.7. The second-order valence-corrected chi connectivity index (χ2v) is 6.73. The zero-order valence-electron chi connectivity index (χ0n) is 13.8. The summed E-state index contributed by atoms with van der Waals surface area (Å²) < 4.78 is 1.66. The fourth-order valence-electron chi connectivity index (χ4n) is 4.22. The van der Waals surface area contributed by atoms with Gasteiger partial charge in [-0.2, -0.15) is 4.68 Å². The van der Waals surface area contributed by atoms with Gasteiger partial charge < -0.3 is 10.6 Å². The van der Waals surface area contributed by atoms with Crippen LogP contribution in [0.3, 0.4) is 0 Å². The number of rotatable bonds is 5. The van der Waals surface area contributed by atoms with E-state index in [1.165, 1.54) is 6.42 Å². The largest absolute Gasteiger partial charge is 0.348 e. The molecule has 24 heavy (non-hydrogen) atoms. The summed E-state index contributed by atoms with van der Waals surface area (Å²) in [5, 5.41) is 18.5. The molecule has 2 aromatic rings. The molecule has 7 heteroatoms. The third kappa shape index (κ3) is 2.39. The highest BCUT2D eigenvalue weighted by molar-refractivity contribution is 5.84. The SMILES string of the molecule is CC[C@@]1(C(=O)NCc2nnnn2-c2ccccc2)C[C@@H]2CC[C@H]1N2. The van der Waals surface area contributed by atoms with E-state index in [4.69, 9.17) is 0 Å². The van der Waals surface area contributed by atoms with Gasteiger partial charge in [-0.25, -0.2) is 0 Å². The second kappa shape index (κ2) is 5.98. The van der Waals surface area contributed by atoms with Crippen molar-refractivity contribution in [3.05, 3.63) is 36.2 Å². The molecule has 2 bridgehead atoms. The van der Waals surface area contributed by atoms with Crippen LogP contribution in [0.1, 0.15) is 38.4 Å². The van der Waals surface area contributed by atoms with Crippen molar-refractivity contribution in [2.24, 2.45) is 5.41 Å². The monoisotopic (exact) mass is 326 g/mol. The first kappa shape index (κ1) is 15.3. The minimum atomic E-state index is -0.284. The van der Waals surface area contributed by atoms with Crippen LogP contribution in [0.5, 0.6) is 0 Å². The molecule has 2 aliphatic heterocycles. The molecule has 3 atom stereocenters. The number of benzene rings is 1. The molecule has 0 unspecified atom stereocenters. The van der Waals surface area contributed by atoms with E-state index in [9.17, 15) is 4.79 Å². The summed E-state index contributed by atoms with van der Waals surface area (Å²) in [6.07, 6.45) is 4.07. The van der Waals surface area contributed by atoms with Crippen LogP contribution >= 0.6 is 0 Å². The normalized spacial score (nSPS) is 28.2. The molecule has 7 nitrogen and oxygen atoms in total. The Bertz CT molecular complexity index is 730. The van der Waals surface area contributed by atoms with Gasteiger partial charge in [0, 0.05) is 12.1 Å². The Morgan fingerprint density at radius 2 is 2.21 bits per heavy atom. The number of carbonyl (C=O) groups is 1. The van der Waals surface area contributed by atoms with E-state index >= 15 is 0 Å². The highest BCUT2D eigenvalue weighted by Crippen LogP contribution is 2.45. The van der Waals surface area contributed by atoms with Gasteiger partial charge in [0.2, 0.25) is 5.91 Å². The van der Waals surface area contributed by atoms with Gasteiger partial charge in [-0.15, -0.1) is 5.10 Å². The van der Waals surface area contributed by atoms with Gasteiger partial charge >= 0.3 is 0 Å². The summed E-state index contributed by atoms with van der Waals surface area (Å²) in [6.45, 7) is 2.44. The predicted molar refractivity (Wildman–Crippen MR) is 88.3 cm³/mol. The Morgan fingerprint density at radius 1 is 1.38 bits per heavy atom. The van der Waals surface area contributed by atoms with Crippen LogP contribution in [-0.2, 0) is 11.3 Å². The van der Waals surface area contributed by atoms with Crippen LogP contribution in [0, 0.1) is 5.41 Å². The molecule has 2 aliphatic rings. The Labute approximate surface area is 140 Å². The lowest BCUT2D eigenvalue weighted by molar-refractivity contribution is -0.132. The third-order valence-corrected chi connectivity index (χ3v) is 5.54. The average Bonchev–Trinajstić information content (AvgIpc) is 3.35. The van der Waals surface area contributed by atoms with Crippen molar-refractivity contribution < 1.29 is 4.79 Å². The summed E-state index contributed by atoms with van der Waals surface area (Å²) in [7, 11) is 0. The number of nitrogens with zero attached hydrogens (tertiary/aromatic N) is 4. The van der Waals surface area contributed by atoms with Crippen molar-refractivity contribution in [1.29, 1.82) is 0 Å². The lowest BCUT2D eigenvalue weighted by Gasteiger charge is -2.34. The quantitative estimate of drug-likeness (QED) is 0.862. The first-order valence-electron chi connectivity index (χ1n) is 8.60. The van der Waals surface area contributed by atoms with E-state index in [0.29, 0.717) is 24.5 Å². The minimum Gasteiger partial charge on any atom is -0.348 e. The van der Waals surface area contributed by atoms with Gasteiger partial charge in [0.05, 0.1) is 17.6 Å². The molecule has 1 amide bonds. The van der Waals surface area contributed by atoms with Crippen LogP contribution in [0.25, 0.3) is 5.69 Å². The van der Waals surface area contributed by atoms with Crippen molar-refractivity contribution in [3.8, 4) is 5.69 Å². The molecule has 0 spiro atoms. The fraction of sp³-hybridized carbons (Fsp3) is 0.529. The molecule has 0 aliphatic carbocycles. The maximum Gasteiger partial charge on any atom is 0.228 e. The van der Waals surface area contributed by atoms with Crippen LogP contribution in [0.2, 0.25) is 0 Å². The third-order valence-electron chi connectivity index (χ3n) is 5.54. The number of para-hydroxylation sites is 1. The number of hydrogen-bond acceptors (Lipinski definition) is 5. The van der Waals surface area contributed by atoms with E-state index in [2.05, 4.69) is 33.1 Å². The molecule has 2 fully saturated rings. The molecular weight excluding hydrogens is 304 g/mol. The van der Waals surface area contributed by atoms with E-state index in [0.717, 1.165) is 24.9 Å². The van der Waals surface area contributed by atoms with E-state index in [1.54, 1.807) is 4.68 Å². The number of tetrazole rings is 1. The molecule has 4 rings (SSSR count). The van der Waals surface area contributed by atoms with Crippen molar-refractivity contribution in [1.82, 2.24) is 30.8 Å². The number of nitrogens with one attached hydrogen (secondary N) is 2. The summed E-state index contributed by atoms with van der Waals surface area (Å²) in [6, 6.07) is 10.5. The van der Waals surface area contributed by atoms with Crippen molar-refractivity contribution in [2.75, 3.05) is 0 Å². The second-order valence-electron chi connectivity index (χ2n) is 6.73. The molecule has 3 heterocycles. The molecule has 0 saturated carbocycles. The fourth-order valence-corrected chi connectivity index (χ4v) is 4.22. The Hall–Kier alpha value is -2.28. The number of fused-ring (bicyclic) bond motifs is 2. The van der Waals surface area contributed by atoms with Gasteiger partial charge in [0.25, 0.3) is 0 Å². The minimum absolute atomic E-state index is 0.118. The Morgan fingerprint density at radius 3 is 2.88 bits per heavy atom. The summed E-state index contributed by atoms with van der Waals surface area (Å²) in [4.78, 5) is 12.9. The highest BCUT2D eigenvalue weighted by Gasteiger charge is 2.54. The Kier molecular flexibility index (Phi) is 3.80. The maximum absolute atomic E-state index is 12.9. The molecule has 1 aromatic heterocycles. The van der Waals surface area contributed by atoms with E-state index in [1.807, 2.05) is 30.3 Å². The molecule has 1 aromatic carbocycles. The van der Waals surface area contributed by atoms with Crippen molar-refractivity contribution in [3.63, 3.8) is 0 Å². The van der Waals surface area contributed by atoms with Gasteiger partial charge in [-0.3, -0.25) is 4.79 Å². The van der Waals surface area contributed by atoms with Crippen molar-refractivity contribution in [2.45, 2.75) is 51.2 Å². The highest BCUT2D eigenvalue weighted by atomic mass is 16.2. The molecular formula is C17H22N6O. The summed E-state index contributed by atoms with van der Waals surface area (Å²) >= 11 is 0. The average molecular weight is 326 g/mol. The first-order valence-corrected chi connectivity index (χ1v) is 8.60.